The number of nitrogens with one attached hydrogen (secondary N) is 1. The van der Waals surface area contributed by atoms with Crippen molar-refractivity contribution in [2.45, 2.75) is 52.9 Å². The highest BCUT2D eigenvalue weighted by Gasteiger charge is 2.43. The third kappa shape index (κ3) is 4.10. The number of nitrogen functional groups attached to an aromatic ring is 1. The van der Waals surface area contributed by atoms with Gasteiger partial charge in [0.15, 0.2) is 5.82 Å². The van der Waals surface area contributed by atoms with Crippen LogP contribution in [-0.2, 0) is 18.0 Å². The number of likely N-dealkylation sites (tertiary alicyclic amines) is 2. The third-order valence-corrected chi connectivity index (χ3v) is 10.0. The molecule has 3 aromatic rings. The highest BCUT2D eigenvalue weighted by Crippen LogP contribution is 2.42. The third-order valence-electron chi connectivity index (χ3n) is 9.02. The summed E-state index contributed by atoms with van der Waals surface area (Å²) in [6.07, 6.45) is 4.73. The van der Waals surface area contributed by atoms with Crippen molar-refractivity contribution in [3.63, 3.8) is 0 Å². The van der Waals surface area contributed by atoms with Crippen molar-refractivity contribution in [2.24, 2.45) is 10.9 Å². The molecule has 10 heteroatoms. The number of quaternary nitrogens is 1. The molecule has 1 aromatic carbocycles. The molecule has 208 valence electrons. The van der Waals surface area contributed by atoms with Crippen molar-refractivity contribution in [3.05, 3.63) is 45.0 Å². The number of rotatable bonds is 3. The van der Waals surface area contributed by atoms with Gasteiger partial charge < -0.3 is 20.3 Å². The van der Waals surface area contributed by atoms with Crippen molar-refractivity contribution in [1.29, 1.82) is 5.26 Å². The standard InChI is InChI=1S/C30H32F2N6OS/c1-5-15(2)24-19(9-35-16(3)38-11-17-6-7-37(4)23(17)12-38)20-13-39-14-21(20)25(27(24)32)28-26-18(8-33)30(34)40-29(26)22(31)10-36-28/h9-10,17,23H,5-7,11-14,34H2,1-4H3/p+1/b19-9-,24-15?,35-16?. The summed E-state index contributed by atoms with van der Waals surface area (Å²) in [5.41, 5.74) is 8.99. The predicted octanol–water partition coefficient (Wildman–Crippen LogP) is 2.68. The number of nitriles is 1. The van der Waals surface area contributed by atoms with E-state index in [-0.39, 0.29) is 38.5 Å². The predicted molar refractivity (Wildman–Crippen MR) is 154 cm³/mol. The average molecular weight is 564 g/mol. The van der Waals surface area contributed by atoms with E-state index in [1.54, 1.807) is 11.1 Å². The first-order chi connectivity index (χ1) is 19.2. The highest BCUT2D eigenvalue weighted by atomic mass is 32.1. The molecular weight excluding hydrogens is 530 g/mol. The fraction of sp³-hybridized carbons (Fsp3) is 0.433. The number of thiophene rings is 1. The fourth-order valence-corrected chi connectivity index (χ4v) is 7.54. The first kappa shape index (κ1) is 26.8. The van der Waals surface area contributed by atoms with Crippen LogP contribution >= 0.6 is 11.3 Å². The molecule has 5 heterocycles. The van der Waals surface area contributed by atoms with Crippen LogP contribution in [0.2, 0.25) is 0 Å². The molecule has 0 saturated carbocycles. The number of aromatic nitrogens is 1. The molecule has 7 nitrogen and oxygen atoms in total. The number of aliphatic imine (C=N–C) groups is 1. The Bertz CT molecular complexity index is 1740. The summed E-state index contributed by atoms with van der Waals surface area (Å²) in [6.45, 7) is 9.62. The van der Waals surface area contributed by atoms with Crippen molar-refractivity contribution in [1.82, 2.24) is 9.88 Å². The number of anilines is 1. The maximum absolute atomic E-state index is 16.8. The largest absolute Gasteiger partial charge is 0.389 e. The first-order valence-electron chi connectivity index (χ1n) is 13.7. The lowest BCUT2D eigenvalue weighted by molar-refractivity contribution is -0.891. The molecule has 0 radical (unpaired) electrons. The number of nitrogens with zero attached hydrogens (tertiary/aromatic N) is 4. The number of benzene rings is 1. The maximum atomic E-state index is 16.8. The van der Waals surface area contributed by atoms with E-state index in [4.69, 9.17) is 15.5 Å². The van der Waals surface area contributed by atoms with Gasteiger partial charge in [-0.05, 0) is 31.4 Å². The quantitative estimate of drug-likeness (QED) is 0.378. The van der Waals surface area contributed by atoms with Gasteiger partial charge in [0.2, 0.25) is 0 Å². The molecule has 2 aromatic heterocycles. The summed E-state index contributed by atoms with van der Waals surface area (Å²) in [4.78, 5) is 13.1. The zero-order valence-corrected chi connectivity index (χ0v) is 24.0. The number of fused-ring (bicyclic) bond motifs is 3. The summed E-state index contributed by atoms with van der Waals surface area (Å²) >= 11 is 0.977. The lowest BCUT2D eigenvalue weighted by Crippen LogP contribution is -3.11. The van der Waals surface area contributed by atoms with Crippen LogP contribution in [0.15, 0.2) is 11.2 Å². The molecule has 3 unspecified atom stereocenters. The summed E-state index contributed by atoms with van der Waals surface area (Å²) in [5, 5.41) is 11.4. The van der Waals surface area contributed by atoms with Gasteiger partial charge >= 0.3 is 0 Å². The van der Waals surface area contributed by atoms with Gasteiger partial charge in [0.25, 0.3) is 0 Å². The van der Waals surface area contributed by atoms with E-state index in [0.717, 1.165) is 47.6 Å². The zero-order valence-electron chi connectivity index (χ0n) is 23.2. The smallest absolute Gasteiger partial charge is 0.159 e. The van der Waals surface area contributed by atoms with Gasteiger partial charge in [-0.3, -0.25) is 4.98 Å². The average Bonchev–Trinajstić information content (AvgIpc) is 3.72. The topological polar surface area (TPSA) is 92.0 Å². The minimum absolute atomic E-state index is 0.116. The summed E-state index contributed by atoms with van der Waals surface area (Å²) in [5.74, 6) is 0.567. The Kier molecular flexibility index (Phi) is 6.85. The first-order valence-corrected chi connectivity index (χ1v) is 14.6. The Balaban J connectivity index is 1.57. The summed E-state index contributed by atoms with van der Waals surface area (Å²) < 4.78 is 37.6. The van der Waals surface area contributed by atoms with Crippen molar-refractivity contribution >= 4 is 44.0 Å². The van der Waals surface area contributed by atoms with Gasteiger partial charge in [0.05, 0.1) is 55.5 Å². The minimum atomic E-state index is -0.588. The highest BCUT2D eigenvalue weighted by molar-refractivity contribution is 7.23. The van der Waals surface area contributed by atoms with Crippen LogP contribution in [0, 0.1) is 28.9 Å². The molecule has 3 atom stereocenters. The molecule has 6 rings (SSSR count). The molecule has 0 aliphatic carbocycles. The van der Waals surface area contributed by atoms with Gasteiger partial charge in [0, 0.05) is 46.5 Å². The van der Waals surface area contributed by atoms with E-state index in [0.29, 0.717) is 41.0 Å². The van der Waals surface area contributed by atoms with E-state index in [1.165, 1.54) is 13.0 Å². The molecule has 2 saturated heterocycles. The molecule has 0 spiro atoms. The van der Waals surface area contributed by atoms with E-state index < -0.39 is 11.6 Å². The SMILES string of the molecule is CCC(C)=c1c(F)c(-c2ncc(F)c3sc(N)c(C#N)c23)c2c(/c1=C/N=C(C)N1CC3CC[NH+](C)C3C1)COC2. The van der Waals surface area contributed by atoms with E-state index in [1.807, 2.05) is 20.8 Å². The fourth-order valence-electron chi connectivity index (χ4n) is 6.61. The van der Waals surface area contributed by atoms with Crippen LogP contribution in [0.5, 0.6) is 0 Å². The number of hydrogen-bond acceptors (Lipinski definition) is 6. The van der Waals surface area contributed by atoms with Gasteiger partial charge in [-0.15, -0.1) is 11.3 Å². The normalized spacial score (nSPS) is 23.6. The van der Waals surface area contributed by atoms with E-state index in [9.17, 15) is 9.65 Å². The second kappa shape index (κ2) is 10.2. The molecule has 0 amide bonds. The monoisotopic (exact) mass is 563 g/mol. The molecular formula is C30H33F2N6OS+. The maximum Gasteiger partial charge on any atom is 0.159 e. The summed E-state index contributed by atoms with van der Waals surface area (Å²) in [7, 11) is 2.27. The van der Waals surface area contributed by atoms with Crippen LogP contribution < -0.4 is 21.1 Å². The Hall–Kier alpha value is -3.39. The lowest BCUT2D eigenvalue weighted by Gasteiger charge is -2.19. The van der Waals surface area contributed by atoms with Crippen LogP contribution in [0.3, 0.4) is 0 Å². The number of nitrogens with two attached hydrogens (primary N) is 1. The number of halogens is 2. The Morgan fingerprint density at radius 1 is 1.32 bits per heavy atom. The molecule has 3 aliphatic heterocycles. The van der Waals surface area contributed by atoms with Crippen molar-refractivity contribution in [3.8, 4) is 17.3 Å². The molecule has 2 fully saturated rings. The summed E-state index contributed by atoms with van der Waals surface area (Å²) in [6, 6.07) is 2.70. The van der Waals surface area contributed by atoms with Gasteiger partial charge in [-0.2, -0.15) is 5.26 Å². The van der Waals surface area contributed by atoms with Crippen molar-refractivity contribution < 1.29 is 18.4 Å². The van der Waals surface area contributed by atoms with Gasteiger partial charge in [-0.1, -0.05) is 12.5 Å². The molecule has 40 heavy (non-hydrogen) atoms. The van der Waals surface area contributed by atoms with Gasteiger partial charge in [0.1, 0.15) is 28.8 Å². The van der Waals surface area contributed by atoms with Crippen LogP contribution in [0.4, 0.5) is 13.8 Å². The van der Waals surface area contributed by atoms with Crippen molar-refractivity contribution in [2.75, 3.05) is 32.4 Å². The van der Waals surface area contributed by atoms with Gasteiger partial charge in [-0.25, -0.2) is 13.8 Å². The second-order valence-electron chi connectivity index (χ2n) is 11.1. The zero-order chi connectivity index (χ0) is 28.3. The number of pyridine rings is 1. The number of amidine groups is 1. The molecule has 0 bridgehead atoms. The van der Waals surface area contributed by atoms with Crippen LogP contribution in [-0.4, -0.2) is 48.4 Å². The van der Waals surface area contributed by atoms with E-state index >= 15 is 4.39 Å². The second-order valence-corrected chi connectivity index (χ2v) is 12.2. The molecule has 3 N–H and O–H groups in total. The Morgan fingerprint density at radius 3 is 2.83 bits per heavy atom. The minimum Gasteiger partial charge on any atom is -0.389 e. The lowest BCUT2D eigenvalue weighted by atomic mass is 9.92. The number of ether oxygens (including phenoxy) is 1. The Labute approximate surface area is 235 Å². The van der Waals surface area contributed by atoms with Crippen LogP contribution in [0.25, 0.3) is 33.1 Å². The van der Waals surface area contributed by atoms with Crippen LogP contribution in [0.1, 0.15) is 50.3 Å². The number of likely N-dealkylation sites (N-methyl/N-ethyl adjacent to an activating group) is 1. The van der Waals surface area contributed by atoms with E-state index in [2.05, 4.69) is 23.0 Å². The number of hydrogen-bond donors (Lipinski definition) is 2. The Morgan fingerprint density at radius 2 is 2.10 bits per heavy atom. The molecule has 3 aliphatic rings.